The molecule has 3 aromatic rings. The van der Waals surface area contributed by atoms with Gasteiger partial charge in [-0.25, -0.2) is 0 Å². The number of phenolic OH excluding ortho intramolecular Hbond substituents is 1. The number of carbonyl (C=O) groups excluding carboxylic acids is 1. The summed E-state index contributed by atoms with van der Waals surface area (Å²) in [5.74, 6) is 0.688. The van der Waals surface area contributed by atoms with Gasteiger partial charge < -0.3 is 19.6 Å². The minimum Gasteiger partial charge on any atom is -0.504 e. The van der Waals surface area contributed by atoms with Gasteiger partial charge in [0, 0.05) is 38.1 Å². The van der Waals surface area contributed by atoms with Crippen LogP contribution in [0.5, 0.6) is 11.5 Å². The summed E-state index contributed by atoms with van der Waals surface area (Å²) in [6.07, 6.45) is 8.49. The van der Waals surface area contributed by atoms with Gasteiger partial charge in [-0.15, -0.1) is 0 Å². The van der Waals surface area contributed by atoms with Crippen LogP contribution in [0.4, 0.5) is 0 Å². The van der Waals surface area contributed by atoms with Gasteiger partial charge in [0.25, 0.3) is 5.91 Å². The molecule has 2 aromatic heterocycles. The first-order chi connectivity index (χ1) is 15.5. The van der Waals surface area contributed by atoms with Crippen LogP contribution in [-0.4, -0.2) is 41.1 Å². The fraction of sp³-hybridized carbons (Fsp3) is 0.280. The quantitative estimate of drug-likeness (QED) is 0.591. The van der Waals surface area contributed by atoms with E-state index in [2.05, 4.69) is 21.3 Å². The topological polar surface area (TPSA) is 87.8 Å². The Labute approximate surface area is 187 Å². The minimum absolute atomic E-state index is 0.135. The molecule has 3 heterocycles. The molecule has 0 unspecified atom stereocenters. The molecule has 0 radical (unpaired) electrons. The number of methoxy groups -OCH3 is 1. The van der Waals surface area contributed by atoms with Gasteiger partial charge in [-0.2, -0.15) is 0 Å². The fourth-order valence-electron chi connectivity index (χ4n) is 3.97. The Morgan fingerprint density at radius 2 is 2.25 bits per heavy atom. The molecule has 166 valence electrons. The number of furan rings is 1. The summed E-state index contributed by atoms with van der Waals surface area (Å²) in [4.78, 5) is 19.2. The van der Waals surface area contributed by atoms with E-state index in [-0.39, 0.29) is 11.7 Å². The van der Waals surface area contributed by atoms with Crippen LogP contribution in [0.1, 0.15) is 38.5 Å². The summed E-state index contributed by atoms with van der Waals surface area (Å²) in [5, 5.41) is 12.7. The number of nitrogens with one attached hydrogen (secondary N) is 1. The predicted octanol–water partition coefficient (Wildman–Crippen LogP) is 3.70. The van der Waals surface area contributed by atoms with Crippen LogP contribution >= 0.6 is 0 Å². The molecule has 1 aliphatic heterocycles. The van der Waals surface area contributed by atoms with E-state index >= 15 is 0 Å². The number of fused-ring (bicyclic) bond motifs is 1. The van der Waals surface area contributed by atoms with E-state index in [1.54, 1.807) is 25.3 Å². The number of aryl methyl sites for hydroxylation is 1. The number of carbonyl (C=O) groups is 1. The lowest BCUT2D eigenvalue weighted by Gasteiger charge is -2.29. The highest BCUT2D eigenvalue weighted by atomic mass is 16.5. The number of aromatic nitrogens is 1. The highest BCUT2D eigenvalue weighted by Crippen LogP contribution is 2.27. The van der Waals surface area contributed by atoms with Crippen molar-refractivity contribution < 1.29 is 19.1 Å². The number of hydrogen-bond donors (Lipinski definition) is 2. The number of pyridine rings is 1. The van der Waals surface area contributed by atoms with E-state index in [1.807, 2.05) is 31.3 Å². The van der Waals surface area contributed by atoms with Crippen molar-refractivity contribution in [2.75, 3.05) is 20.2 Å². The van der Waals surface area contributed by atoms with Crippen LogP contribution in [0.2, 0.25) is 0 Å². The lowest BCUT2D eigenvalue weighted by molar-refractivity contribution is 0.0923. The van der Waals surface area contributed by atoms with E-state index < -0.39 is 0 Å². The number of benzene rings is 1. The lowest BCUT2D eigenvalue weighted by atomic mass is 9.95. The third kappa shape index (κ3) is 4.84. The molecule has 0 atom stereocenters. The first kappa shape index (κ1) is 21.6. The van der Waals surface area contributed by atoms with E-state index in [1.165, 1.54) is 17.4 Å². The number of nitrogens with zero attached hydrogens (tertiary/aromatic N) is 2. The van der Waals surface area contributed by atoms with Crippen LogP contribution in [0.25, 0.3) is 6.08 Å². The van der Waals surface area contributed by atoms with Gasteiger partial charge in [0.1, 0.15) is 0 Å². The van der Waals surface area contributed by atoms with E-state index in [0.29, 0.717) is 18.1 Å². The molecular formula is C25H27N3O4. The van der Waals surface area contributed by atoms with Crippen molar-refractivity contribution >= 4 is 12.0 Å². The Kier molecular flexibility index (Phi) is 6.56. The summed E-state index contributed by atoms with van der Waals surface area (Å²) in [7, 11) is 1.54. The molecule has 2 N–H and O–H groups in total. The van der Waals surface area contributed by atoms with Crippen LogP contribution in [-0.2, 0) is 19.5 Å². The smallest absolute Gasteiger partial charge is 0.287 e. The fourth-order valence-corrected chi connectivity index (χ4v) is 3.97. The third-order valence-corrected chi connectivity index (χ3v) is 5.72. The van der Waals surface area contributed by atoms with Crippen molar-refractivity contribution in [2.24, 2.45) is 0 Å². The molecule has 1 amide bonds. The van der Waals surface area contributed by atoms with Crippen molar-refractivity contribution in [1.29, 1.82) is 0 Å². The summed E-state index contributed by atoms with van der Waals surface area (Å²) in [6, 6.07) is 8.66. The predicted molar refractivity (Wildman–Crippen MR) is 122 cm³/mol. The van der Waals surface area contributed by atoms with Gasteiger partial charge in [-0.3, -0.25) is 14.7 Å². The Bertz CT molecular complexity index is 1120. The number of rotatable bonds is 7. The van der Waals surface area contributed by atoms with Gasteiger partial charge in [0.15, 0.2) is 17.3 Å². The molecule has 0 spiro atoms. The third-order valence-electron chi connectivity index (χ3n) is 5.72. The van der Waals surface area contributed by atoms with Crippen molar-refractivity contribution in [1.82, 2.24) is 15.2 Å². The van der Waals surface area contributed by atoms with E-state index in [4.69, 9.17) is 9.15 Å². The second-order valence-corrected chi connectivity index (χ2v) is 7.80. The van der Waals surface area contributed by atoms with Crippen LogP contribution in [0, 0.1) is 6.92 Å². The zero-order chi connectivity index (χ0) is 22.5. The first-order valence-electron chi connectivity index (χ1n) is 10.6. The number of amides is 1. The summed E-state index contributed by atoms with van der Waals surface area (Å²) in [6.45, 7) is 4.96. The zero-order valence-electron chi connectivity index (χ0n) is 18.3. The zero-order valence-corrected chi connectivity index (χ0v) is 18.3. The number of aromatic hydroxyl groups is 1. The number of ether oxygens (including phenoxy) is 1. The van der Waals surface area contributed by atoms with Crippen LogP contribution in [0.15, 0.2) is 53.3 Å². The van der Waals surface area contributed by atoms with Gasteiger partial charge in [0.2, 0.25) is 0 Å². The Morgan fingerprint density at radius 3 is 3.03 bits per heavy atom. The SMILES string of the molecule is COc1cc(/C=C/CN2CCc3c(cnc(C)c3CNC(=O)c3ccco3)C2)ccc1O. The molecule has 1 aromatic carbocycles. The van der Waals surface area contributed by atoms with Gasteiger partial charge in [-0.1, -0.05) is 18.2 Å². The highest BCUT2D eigenvalue weighted by molar-refractivity contribution is 5.91. The second kappa shape index (κ2) is 9.70. The Morgan fingerprint density at radius 1 is 1.38 bits per heavy atom. The van der Waals surface area contributed by atoms with Crippen LogP contribution < -0.4 is 10.1 Å². The highest BCUT2D eigenvalue weighted by Gasteiger charge is 2.21. The van der Waals surface area contributed by atoms with Crippen molar-refractivity contribution in [3.05, 3.63) is 82.6 Å². The molecule has 1 aliphatic rings. The maximum atomic E-state index is 12.2. The Balaban J connectivity index is 1.39. The van der Waals surface area contributed by atoms with E-state index in [0.717, 1.165) is 42.9 Å². The maximum absolute atomic E-state index is 12.2. The van der Waals surface area contributed by atoms with Crippen molar-refractivity contribution in [3.63, 3.8) is 0 Å². The molecule has 0 aliphatic carbocycles. The molecule has 32 heavy (non-hydrogen) atoms. The monoisotopic (exact) mass is 433 g/mol. The second-order valence-electron chi connectivity index (χ2n) is 7.80. The molecule has 0 saturated carbocycles. The molecule has 0 saturated heterocycles. The molecule has 4 rings (SSSR count). The minimum atomic E-state index is -0.222. The first-order valence-corrected chi connectivity index (χ1v) is 10.6. The average Bonchev–Trinajstić information content (AvgIpc) is 3.34. The normalized spacial score (nSPS) is 13.8. The van der Waals surface area contributed by atoms with Gasteiger partial charge in [-0.05, 0) is 59.9 Å². The number of phenols is 1. The summed E-state index contributed by atoms with van der Waals surface area (Å²) >= 11 is 0. The average molecular weight is 434 g/mol. The summed E-state index contributed by atoms with van der Waals surface area (Å²) in [5.41, 5.74) is 5.49. The molecule has 7 heteroatoms. The van der Waals surface area contributed by atoms with Gasteiger partial charge in [0.05, 0.1) is 13.4 Å². The van der Waals surface area contributed by atoms with Crippen LogP contribution in [0.3, 0.4) is 0 Å². The van der Waals surface area contributed by atoms with Crippen molar-refractivity contribution in [3.8, 4) is 11.5 Å². The maximum Gasteiger partial charge on any atom is 0.287 e. The standard InChI is InChI=1S/C25H27N3O4/c1-17-21(15-27-25(30)23-6-4-12-32-23)20-9-11-28(16-19(20)14-26-17)10-3-5-18-7-8-22(29)24(13-18)31-2/h3-8,12-14,29H,9-11,15-16H2,1-2H3,(H,27,30)/b5-3+. The summed E-state index contributed by atoms with van der Waals surface area (Å²) < 4.78 is 10.3. The number of hydrogen-bond acceptors (Lipinski definition) is 6. The molecule has 0 bridgehead atoms. The Hall–Kier alpha value is -3.58. The molecule has 7 nitrogen and oxygen atoms in total. The largest absolute Gasteiger partial charge is 0.504 e. The van der Waals surface area contributed by atoms with Crippen molar-refractivity contribution in [2.45, 2.75) is 26.4 Å². The van der Waals surface area contributed by atoms with E-state index in [9.17, 15) is 9.90 Å². The lowest BCUT2D eigenvalue weighted by Crippen LogP contribution is -2.32. The molecule has 0 fully saturated rings. The molecular weight excluding hydrogens is 406 g/mol. The van der Waals surface area contributed by atoms with Gasteiger partial charge >= 0.3 is 0 Å².